The number of hydrogen-bond donors (Lipinski definition) is 0. The lowest BCUT2D eigenvalue weighted by Crippen LogP contribution is -2.63. The molecule has 0 aromatic heterocycles. The highest BCUT2D eigenvalue weighted by atomic mass is 16.7. The van der Waals surface area contributed by atoms with Crippen LogP contribution in [0.25, 0.3) is 0 Å². The zero-order chi connectivity index (χ0) is 40.7. The van der Waals surface area contributed by atoms with Gasteiger partial charge < -0.3 is 42.8 Å². The van der Waals surface area contributed by atoms with Crippen molar-refractivity contribution in [1.29, 1.82) is 0 Å². The predicted octanol–water partition coefficient (Wildman–Crippen LogP) is 5.16. The maximum absolute atomic E-state index is 12.9. The molecule has 0 amide bonds. The first-order valence-corrected chi connectivity index (χ1v) is 18.1. The third-order valence-corrected chi connectivity index (χ3v) is 9.23. The molecular weight excluding hydrogens is 730 g/mol. The van der Waals surface area contributed by atoms with Gasteiger partial charge in [0.05, 0.1) is 5.56 Å². The van der Waals surface area contributed by atoms with Gasteiger partial charge in [0.25, 0.3) is 0 Å². The molecule has 0 aliphatic carbocycles. The van der Waals surface area contributed by atoms with Crippen LogP contribution in [0.1, 0.15) is 87.0 Å². The van der Waals surface area contributed by atoms with E-state index in [9.17, 15) is 28.8 Å². The molecule has 15 heteroatoms. The van der Waals surface area contributed by atoms with Crippen molar-refractivity contribution in [2.45, 2.75) is 91.7 Å². The molecule has 0 saturated carbocycles. The molecule has 3 aromatic carbocycles. The Labute approximate surface area is 324 Å². The lowest BCUT2D eigenvalue weighted by Gasteiger charge is -2.44. The summed E-state index contributed by atoms with van der Waals surface area (Å²) in [6.45, 7) is 11.0. The average molecular weight is 776 g/mol. The van der Waals surface area contributed by atoms with Crippen LogP contribution in [-0.2, 0) is 59.0 Å². The van der Waals surface area contributed by atoms with E-state index < -0.39 is 73.1 Å². The second kappa shape index (κ2) is 18.1. The first-order valence-electron chi connectivity index (χ1n) is 18.1. The van der Waals surface area contributed by atoms with E-state index in [-0.39, 0.29) is 17.9 Å². The smallest absolute Gasteiger partial charge is 0.303 e. The van der Waals surface area contributed by atoms with Gasteiger partial charge in [0, 0.05) is 82.6 Å². The fourth-order valence-electron chi connectivity index (χ4n) is 6.90. The maximum Gasteiger partial charge on any atom is 0.303 e. The van der Waals surface area contributed by atoms with E-state index >= 15 is 0 Å². The Kier molecular flexibility index (Phi) is 13.3. The summed E-state index contributed by atoms with van der Waals surface area (Å²) < 4.78 is 46.2. The van der Waals surface area contributed by atoms with Crippen molar-refractivity contribution in [3.8, 4) is 17.2 Å². The monoisotopic (exact) mass is 775 g/mol. The van der Waals surface area contributed by atoms with Crippen molar-refractivity contribution in [3.63, 3.8) is 0 Å². The molecule has 1 saturated heterocycles. The molecule has 5 rings (SSSR count). The number of anilines is 1. The van der Waals surface area contributed by atoms with Crippen molar-refractivity contribution in [1.82, 2.24) is 0 Å². The number of ether oxygens (including phenoxy) is 8. The summed E-state index contributed by atoms with van der Waals surface area (Å²) in [5.41, 5.74) is 3.91. The zero-order valence-electron chi connectivity index (χ0n) is 32.2. The van der Waals surface area contributed by atoms with Crippen LogP contribution >= 0.6 is 0 Å². The van der Waals surface area contributed by atoms with Gasteiger partial charge in [0.15, 0.2) is 18.5 Å². The summed E-state index contributed by atoms with van der Waals surface area (Å²) >= 11 is 0. The summed E-state index contributed by atoms with van der Waals surface area (Å²) in [4.78, 5) is 75.7. The number of carbonyl (C=O) groups is 6. The number of benzene rings is 3. The molecule has 0 bridgehead atoms. The number of rotatable bonds is 14. The lowest BCUT2D eigenvalue weighted by molar-refractivity contribution is -0.288. The van der Waals surface area contributed by atoms with Gasteiger partial charge in [-0.3, -0.25) is 28.8 Å². The number of aldehydes is 1. The molecule has 0 N–H and O–H groups in total. The van der Waals surface area contributed by atoms with Crippen LogP contribution < -0.4 is 14.4 Å². The van der Waals surface area contributed by atoms with E-state index in [0.29, 0.717) is 23.3 Å². The fourth-order valence-corrected chi connectivity index (χ4v) is 6.90. The summed E-state index contributed by atoms with van der Waals surface area (Å²) in [7, 11) is 0. The van der Waals surface area contributed by atoms with E-state index in [1.54, 1.807) is 6.07 Å². The summed E-state index contributed by atoms with van der Waals surface area (Å²) in [5.74, 6) is -3.24. The standard InChI is InChI=1S/C41H45NO14/c1-8-42(9-2)29-14-15-31-34(17-29)54-35-18-33(28(19-43)16-32(35)37(31)30-13-11-10-12-27(30)20-49-22(3)44)55-41-40(53-26(7)48)39(52-25(6)47)38(51-24(5)46)36(56-41)21-50-23(4)45/h10-19,36-41H,8-9,20-21H2,1-7H3/t36-,37?,38+,39+,40-,41-/m1/s1. The van der Waals surface area contributed by atoms with E-state index in [1.807, 2.05) is 56.3 Å². The second-order valence-corrected chi connectivity index (χ2v) is 13.1. The van der Waals surface area contributed by atoms with Crippen LogP contribution in [-0.4, -0.2) is 86.5 Å². The van der Waals surface area contributed by atoms with Crippen molar-refractivity contribution >= 4 is 41.8 Å². The lowest BCUT2D eigenvalue weighted by atomic mass is 9.80. The Morgan fingerprint density at radius 2 is 1.32 bits per heavy atom. The Bertz CT molecular complexity index is 1970. The van der Waals surface area contributed by atoms with Crippen molar-refractivity contribution < 1.29 is 66.7 Å². The quantitative estimate of drug-likeness (QED) is 0.0931. The topological polar surface area (TPSA) is 180 Å². The van der Waals surface area contributed by atoms with Crippen molar-refractivity contribution in [2.75, 3.05) is 24.6 Å². The minimum Gasteiger partial charge on any atom is -0.463 e. The van der Waals surface area contributed by atoms with E-state index in [1.165, 1.54) is 13.0 Å². The second-order valence-electron chi connectivity index (χ2n) is 13.1. The molecule has 56 heavy (non-hydrogen) atoms. The average Bonchev–Trinajstić information content (AvgIpc) is 3.14. The van der Waals surface area contributed by atoms with Crippen molar-refractivity contribution in [2.24, 2.45) is 0 Å². The highest BCUT2D eigenvalue weighted by Gasteiger charge is 2.53. The maximum atomic E-state index is 12.9. The molecule has 1 unspecified atom stereocenters. The Balaban J connectivity index is 1.65. The first-order chi connectivity index (χ1) is 26.7. The third kappa shape index (κ3) is 9.45. The van der Waals surface area contributed by atoms with Crippen LogP contribution in [0.3, 0.4) is 0 Å². The van der Waals surface area contributed by atoms with E-state index in [0.717, 1.165) is 63.2 Å². The van der Waals surface area contributed by atoms with Crippen LogP contribution in [0.2, 0.25) is 0 Å². The molecule has 15 nitrogen and oxygen atoms in total. The van der Waals surface area contributed by atoms with Crippen LogP contribution in [0.15, 0.2) is 54.6 Å². The predicted molar refractivity (Wildman–Crippen MR) is 197 cm³/mol. The van der Waals surface area contributed by atoms with Gasteiger partial charge in [-0.05, 0) is 37.1 Å². The molecule has 2 heterocycles. The van der Waals surface area contributed by atoms with Crippen LogP contribution in [0, 0.1) is 0 Å². The van der Waals surface area contributed by atoms with Gasteiger partial charge in [0.1, 0.15) is 36.6 Å². The zero-order valence-corrected chi connectivity index (χ0v) is 32.2. The van der Waals surface area contributed by atoms with E-state index in [4.69, 9.17) is 37.9 Å². The highest BCUT2D eigenvalue weighted by molar-refractivity contribution is 5.82. The van der Waals surface area contributed by atoms with Crippen LogP contribution in [0.5, 0.6) is 17.2 Å². The van der Waals surface area contributed by atoms with Gasteiger partial charge in [-0.15, -0.1) is 0 Å². The van der Waals surface area contributed by atoms with Gasteiger partial charge >= 0.3 is 29.8 Å². The number of fused-ring (bicyclic) bond motifs is 2. The highest BCUT2D eigenvalue weighted by Crippen LogP contribution is 2.51. The largest absolute Gasteiger partial charge is 0.463 e. The SMILES string of the molecule is CCN(CC)c1ccc2c(c1)Oc1cc(O[C@@H]3O[C@H](COC(C)=O)[C@H](OC(C)=O)[C@H](OC(C)=O)[C@H]3OC(C)=O)c(C=O)cc1C2c1ccccc1COC(C)=O. The van der Waals surface area contributed by atoms with Gasteiger partial charge in [-0.1, -0.05) is 30.3 Å². The molecule has 298 valence electrons. The van der Waals surface area contributed by atoms with Gasteiger partial charge in [0.2, 0.25) is 12.4 Å². The Hall–Kier alpha value is -5.96. The van der Waals surface area contributed by atoms with Gasteiger partial charge in [-0.25, -0.2) is 0 Å². The first kappa shape index (κ1) is 41.2. The van der Waals surface area contributed by atoms with E-state index in [2.05, 4.69) is 4.90 Å². The molecule has 3 aromatic rings. The van der Waals surface area contributed by atoms with Gasteiger partial charge in [-0.2, -0.15) is 0 Å². The minimum atomic E-state index is -1.60. The third-order valence-electron chi connectivity index (χ3n) is 9.23. The summed E-state index contributed by atoms with van der Waals surface area (Å²) in [5, 5.41) is 0. The van der Waals surface area contributed by atoms with Crippen molar-refractivity contribution in [3.05, 3.63) is 82.4 Å². The molecule has 2 aliphatic heterocycles. The minimum absolute atomic E-state index is 0.00962. The molecular formula is C41H45NO14. The number of carbonyl (C=O) groups excluding carboxylic acids is 6. The molecule has 0 spiro atoms. The molecule has 2 aliphatic rings. The Morgan fingerprint density at radius 1 is 0.696 bits per heavy atom. The fraction of sp³-hybridized carbons (Fsp3) is 0.415. The summed E-state index contributed by atoms with van der Waals surface area (Å²) in [6.07, 6.45) is -6.73. The molecule has 1 fully saturated rings. The Morgan fingerprint density at radius 3 is 1.95 bits per heavy atom. The number of nitrogens with zero attached hydrogens (tertiary/aromatic N) is 1. The molecule has 6 atom stereocenters. The number of hydrogen-bond acceptors (Lipinski definition) is 15. The normalized spacial score (nSPS) is 20.8. The molecule has 0 radical (unpaired) electrons. The summed E-state index contributed by atoms with van der Waals surface area (Å²) in [6, 6.07) is 16.5. The number of esters is 5. The van der Waals surface area contributed by atoms with Crippen LogP contribution in [0.4, 0.5) is 5.69 Å².